The van der Waals surface area contributed by atoms with Crippen molar-refractivity contribution in [1.29, 1.82) is 5.26 Å². The van der Waals surface area contributed by atoms with Gasteiger partial charge in [-0.05, 0) is 96.8 Å². The highest BCUT2D eigenvalue weighted by Crippen LogP contribution is 2.43. The molecule has 39 heavy (non-hydrogen) atoms. The number of nitrogens with one attached hydrogen (secondary N) is 1. The zero-order chi connectivity index (χ0) is 28.3. The predicted molar refractivity (Wildman–Crippen MR) is 149 cm³/mol. The van der Waals surface area contributed by atoms with E-state index in [0.29, 0.717) is 24.4 Å². The molecule has 2 bridgehead atoms. The molecule has 2 heterocycles. The molecular formula is C30H44FN5O3. The minimum absolute atomic E-state index is 0.00797. The van der Waals surface area contributed by atoms with Crippen LogP contribution in [-0.2, 0) is 16.0 Å². The predicted octanol–water partition coefficient (Wildman–Crippen LogP) is 4.48. The topological polar surface area (TPSA) is 88.9 Å². The molecule has 1 aromatic carbocycles. The number of likely N-dealkylation sites (tertiary alicyclic amines) is 1. The van der Waals surface area contributed by atoms with Crippen molar-refractivity contribution in [3.05, 3.63) is 29.6 Å². The van der Waals surface area contributed by atoms with Crippen LogP contribution < -0.4 is 10.2 Å². The Morgan fingerprint density at radius 1 is 1.18 bits per heavy atom. The molecule has 8 nitrogen and oxygen atoms in total. The summed E-state index contributed by atoms with van der Waals surface area (Å²) in [7, 11) is 0. The molecule has 4 atom stereocenters. The molecule has 1 saturated carbocycles. The largest absolute Gasteiger partial charge is 0.444 e. The number of nitrogens with zero attached hydrogens (tertiary/aromatic N) is 4. The lowest BCUT2D eigenvalue weighted by Crippen LogP contribution is -2.55. The first-order valence-electron chi connectivity index (χ1n) is 14.5. The Labute approximate surface area is 232 Å². The normalized spacial score (nSPS) is 24.4. The average Bonchev–Trinajstić information content (AvgIpc) is 3.39. The van der Waals surface area contributed by atoms with Gasteiger partial charge in [-0.25, -0.2) is 9.18 Å². The molecule has 1 N–H and O–H groups in total. The second-order valence-corrected chi connectivity index (χ2v) is 12.5. The van der Waals surface area contributed by atoms with Crippen LogP contribution >= 0.6 is 0 Å². The number of anilines is 1. The molecule has 214 valence electrons. The standard InChI is InChI=1S/C30H44FN5O3/c1-20(2)34-13-6-14-35(16-15-34)24-11-8-21(26(31)18-24)7-10-23(19-32)33-28(37)27-22-9-12-25(17-22)36(27)29(38)39-30(3,4)5/h8,11,18,20,22-23,25,27H,6-7,9-10,12-17H2,1-5H3,(H,33,37). The number of carbonyl (C=O) groups excluding carboxylic acids is 2. The summed E-state index contributed by atoms with van der Waals surface area (Å²) < 4.78 is 20.7. The number of carbonyl (C=O) groups is 2. The summed E-state index contributed by atoms with van der Waals surface area (Å²) in [5.41, 5.74) is 0.754. The molecule has 4 rings (SSSR count). The minimum Gasteiger partial charge on any atom is -0.444 e. The number of nitriles is 1. The summed E-state index contributed by atoms with van der Waals surface area (Å²) in [6.07, 6.45) is 3.70. The summed E-state index contributed by atoms with van der Waals surface area (Å²) in [5.74, 6) is -0.546. The fourth-order valence-corrected chi connectivity index (χ4v) is 6.28. The van der Waals surface area contributed by atoms with Gasteiger partial charge in [0.05, 0.1) is 6.07 Å². The van der Waals surface area contributed by atoms with Gasteiger partial charge in [0.15, 0.2) is 0 Å². The van der Waals surface area contributed by atoms with Gasteiger partial charge in [0.1, 0.15) is 23.5 Å². The van der Waals surface area contributed by atoms with Gasteiger partial charge in [0.25, 0.3) is 0 Å². The lowest BCUT2D eigenvalue weighted by molar-refractivity contribution is -0.128. The van der Waals surface area contributed by atoms with Gasteiger partial charge >= 0.3 is 6.09 Å². The van der Waals surface area contributed by atoms with Gasteiger partial charge in [-0.3, -0.25) is 14.6 Å². The SMILES string of the molecule is CC(C)N1CCCN(c2ccc(CCC(C#N)NC(=O)C3C4CCC(C4)N3C(=O)OC(C)(C)C)c(F)c2)CC1. The minimum atomic E-state index is -0.774. The summed E-state index contributed by atoms with van der Waals surface area (Å²) in [6, 6.07) is 6.58. The van der Waals surface area contributed by atoms with Gasteiger partial charge in [0, 0.05) is 44.0 Å². The van der Waals surface area contributed by atoms with E-state index < -0.39 is 23.8 Å². The Morgan fingerprint density at radius 3 is 2.62 bits per heavy atom. The van der Waals surface area contributed by atoms with Gasteiger partial charge in [-0.15, -0.1) is 0 Å². The maximum Gasteiger partial charge on any atom is 0.411 e. The molecule has 0 aromatic heterocycles. The first-order chi connectivity index (χ1) is 18.5. The molecular weight excluding hydrogens is 497 g/mol. The maximum absolute atomic E-state index is 15.1. The monoisotopic (exact) mass is 541 g/mol. The Kier molecular flexibility index (Phi) is 9.05. The highest BCUT2D eigenvalue weighted by atomic mass is 19.1. The van der Waals surface area contributed by atoms with Crippen molar-refractivity contribution in [2.45, 2.75) is 103 Å². The zero-order valence-corrected chi connectivity index (χ0v) is 24.1. The number of rotatable bonds is 7. The van der Waals surface area contributed by atoms with E-state index in [1.54, 1.807) is 37.8 Å². The third-order valence-electron chi connectivity index (χ3n) is 8.30. The van der Waals surface area contributed by atoms with Crippen LogP contribution in [0.2, 0.25) is 0 Å². The van der Waals surface area contributed by atoms with Gasteiger partial charge in [0.2, 0.25) is 5.91 Å². The van der Waals surface area contributed by atoms with Crippen LogP contribution in [0.15, 0.2) is 18.2 Å². The van der Waals surface area contributed by atoms with Crippen LogP contribution in [0.3, 0.4) is 0 Å². The van der Waals surface area contributed by atoms with E-state index in [1.165, 1.54) is 0 Å². The first kappa shape index (κ1) is 29.1. The number of ether oxygens (including phenoxy) is 1. The Morgan fingerprint density at radius 2 is 1.95 bits per heavy atom. The van der Waals surface area contributed by atoms with Crippen molar-refractivity contribution < 1.29 is 18.7 Å². The average molecular weight is 542 g/mol. The lowest BCUT2D eigenvalue weighted by atomic mass is 9.97. The van der Waals surface area contributed by atoms with Crippen molar-refractivity contribution in [2.75, 3.05) is 31.1 Å². The first-order valence-corrected chi connectivity index (χ1v) is 14.5. The molecule has 1 aromatic rings. The fraction of sp³-hybridized carbons (Fsp3) is 0.700. The number of hydrogen-bond donors (Lipinski definition) is 1. The quantitative estimate of drug-likeness (QED) is 0.548. The molecule has 2 amide bonds. The number of aryl methyl sites for hydroxylation is 1. The highest BCUT2D eigenvalue weighted by Gasteiger charge is 2.52. The van der Waals surface area contributed by atoms with Crippen molar-refractivity contribution >= 4 is 17.7 Å². The van der Waals surface area contributed by atoms with E-state index in [9.17, 15) is 14.9 Å². The van der Waals surface area contributed by atoms with Crippen LogP contribution in [0.5, 0.6) is 0 Å². The Balaban J connectivity index is 1.34. The van der Waals surface area contributed by atoms with Gasteiger partial charge in [-0.2, -0.15) is 5.26 Å². The van der Waals surface area contributed by atoms with Crippen LogP contribution in [0, 0.1) is 23.1 Å². The zero-order valence-electron chi connectivity index (χ0n) is 24.1. The van der Waals surface area contributed by atoms with Gasteiger partial charge < -0.3 is 15.0 Å². The molecule has 4 unspecified atom stereocenters. The Bertz CT molecular complexity index is 1080. The van der Waals surface area contributed by atoms with Gasteiger partial charge in [-0.1, -0.05) is 6.07 Å². The molecule has 2 aliphatic heterocycles. The number of amides is 2. The second kappa shape index (κ2) is 12.1. The summed E-state index contributed by atoms with van der Waals surface area (Å²) in [4.78, 5) is 32.4. The number of halogens is 1. The van der Waals surface area contributed by atoms with E-state index in [2.05, 4.69) is 35.0 Å². The number of piperidine rings is 1. The second-order valence-electron chi connectivity index (χ2n) is 12.5. The third kappa shape index (κ3) is 7.02. The summed E-state index contributed by atoms with van der Waals surface area (Å²) >= 11 is 0. The smallest absolute Gasteiger partial charge is 0.411 e. The van der Waals surface area contributed by atoms with E-state index in [1.807, 2.05) is 6.07 Å². The van der Waals surface area contributed by atoms with E-state index in [4.69, 9.17) is 4.74 Å². The van der Waals surface area contributed by atoms with Crippen LogP contribution in [0.4, 0.5) is 14.9 Å². The summed E-state index contributed by atoms with van der Waals surface area (Å²) in [6.45, 7) is 13.6. The third-order valence-corrected chi connectivity index (χ3v) is 8.30. The lowest BCUT2D eigenvalue weighted by Gasteiger charge is -2.35. The van der Waals surface area contributed by atoms with Crippen LogP contribution in [0.25, 0.3) is 0 Å². The molecule has 3 fully saturated rings. The maximum atomic E-state index is 15.1. The van der Waals surface area contributed by atoms with Crippen molar-refractivity contribution in [1.82, 2.24) is 15.1 Å². The molecule has 0 spiro atoms. The number of benzene rings is 1. The number of hydrogen-bond acceptors (Lipinski definition) is 6. The highest BCUT2D eigenvalue weighted by molar-refractivity contribution is 5.87. The molecule has 3 aliphatic rings. The molecule has 1 aliphatic carbocycles. The molecule has 0 radical (unpaired) electrons. The fourth-order valence-electron chi connectivity index (χ4n) is 6.28. The van der Waals surface area contributed by atoms with E-state index in [-0.39, 0.29) is 23.7 Å². The summed E-state index contributed by atoms with van der Waals surface area (Å²) in [5, 5.41) is 12.6. The number of fused-ring (bicyclic) bond motifs is 2. The van der Waals surface area contributed by atoms with Crippen LogP contribution in [-0.4, -0.2) is 77.7 Å². The van der Waals surface area contributed by atoms with E-state index >= 15 is 4.39 Å². The molecule has 2 saturated heterocycles. The Hall–Kier alpha value is -2.86. The van der Waals surface area contributed by atoms with Crippen molar-refractivity contribution in [3.63, 3.8) is 0 Å². The van der Waals surface area contributed by atoms with Crippen LogP contribution in [0.1, 0.15) is 72.3 Å². The van der Waals surface area contributed by atoms with E-state index in [0.717, 1.165) is 57.5 Å². The van der Waals surface area contributed by atoms with Crippen molar-refractivity contribution in [3.8, 4) is 6.07 Å². The van der Waals surface area contributed by atoms with Crippen molar-refractivity contribution in [2.24, 2.45) is 5.92 Å². The molecule has 9 heteroatoms.